The number of hydrogen-bond acceptors (Lipinski definition) is 4. The maximum absolute atomic E-state index is 11.7. The summed E-state index contributed by atoms with van der Waals surface area (Å²) in [7, 11) is 0. The molecule has 2 aromatic rings. The fourth-order valence-corrected chi connectivity index (χ4v) is 2.27. The van der Waals surface area contributed by atoms with Crippen LogP contribution in [0, 0.1) is 0 Å². The van der Waals surface area contributed by atoms with E-state index >= 15 is 0 Å². The first-order valence-electron chi connectivity index (χ1n) is 4.19. The van der Waals surface area contributed by atoms with Crippen molar-refractivity contribution in [2.45, 2.75) is 0 Å². The molecule has 7 heteroatoms. The molecule has 0 unspecified atom stereocenters. The minimum absolute atomic E-state index is 0.194. The van der Waals surface area contributed by atoms with Gasteiger partial charge in [-0.3, -0.25) is 10.1 Å². The Hall–Kier alpha value is -0.980. The lowest BCUT2D eigenvalue weighted by Gasteiger charge is -2.00. The molecule has 2 heterocycles. The van der Waals surface area contributed by atoms with Crippen molar-refractivity contribution in [2.75, 3.05) is 5.32 Å². The predicted octanol–water partition coefficient (Wildman–Crippen LogP) is 3.21. The number of carbonyl (C=O) groups is 1. The van der Waals surface area contributed by atoms with E-state index in [1.54, 1.807) is 17.5 Å². The average molecular weight is 319 g/mol. The molecule has 4 nitrogen and oxygen atoms in total. The van der Waals surface area contributed by atoms with Gasteiger partial charge < -0.3 is 0 Å². The zero-order valence-corrected chi connectivity index (χ0v) is 10.9. The highest BCUT2D eigenvalue weighted by Gasteiger charge is 2.09. The van der Waals surface area contributed by atoms with Crippen LogP contribution < -0.4 is 5.32 Å². The molecule has 0 saturated heterocycles. The maximum atomic E-state index is 11.7. The number of carbonyl (C=O) groups excluding carboxylic acids is 1. The van der Waals surface area contributed by atoms with Crippen LogP contribution in [-0.2, 0) is 0 Å². The van der Waals surface area contributed by atoms with E-state index in [4.69, 9.17) is 11.6 Å². The van der Waals surface area contributed by atoms with Gasteiger partial charge in [-0.1, -0.05) is 11.6 Å². The Kier molecular flexibility index (Phi) is 3.52. The van der Waals surface area contributed by atoms with E-state index in [9.17, 15) is 4.79 Å². The zero-order chi connectivity index (χ0) is 11.5. The molecular weight excluding hydrogens is 314 g/mol. The third kappa shape index (κ3) is 2.78. The van der Waals surface area contributed by atoms with Crippen molar-refractivity contribution in [2.24, 2.45) is 0 Å². The molecule has 0 aliphatic carbocycles. The van der Waals surface area contributed by atoms with E-state index in [1.807, 2.05) is 0 Å². The van der Waals surface area contributed by atoms with Crippen molar-refractivity contribution < 1.29 is 4.79 Å². The number of nitrogens with zero attached hydrogens (tertiary/aromatic N) is 2. The topological polar surface area (TPSA) is 54.9 Å². The maximum Gasteiger partial charge on any atom is 0.258 e. The van der Waals surface area contributed by atoms with Gasteiger partial charge in [0.2, 0.25) is 5.95 Å². The second kappa shape index (κ2) is 4.90. The Bertz CT molecular complexity index is 531. The molecular formula is C9H5BrClN3OS. The summed E-state index contributed by atoms with van der Waals surface area (Å²) in [6.07, 6.45) is 1.48. The molecule has 0 aliphatic heterocycles. The fraction of sp³-hybridized carbons (Fsp3) is 0. The van der Waals surface area contributed by atoms with Crippen LogP contribution in [0.3, 0.4) is 0 Å². The summed E-state index contributed by atoms with van der Waals surface area (Å²) in [5.41, 5.74) is 0.556. The Balaban J connectivity index is 2.13. The number of hydrogen-bond donors (Lipinski definition) is 1. The van der Waals surface area contributed by atoms with Crippen LogP contribution in [0.25, 0.3) is 0 Å². The first-order chi connectivity index (χ1) is 7.65. The Morgan fingerprint density at radius 2 is 2.38 bits per heavy atom. The van der Waals surface area contributed by atoms with Gasteiger partial charge in [0, 0.05) is 11.6 Å². The van der Waals surface area contributed by atoms with Crippen molar-refractivity contribution in [3.63, 3.8) is 0 Å². The summed E-state index contributed by atoms with van der Waals surface area (Å²) in [5.74, 6) is -0.0657. The molecule has 0 radical (unpaired) electrons. The van der Waals surface area contributed by atoms with Crippen LogP contribution in [0.5, 0.6) is 0 Å². The number of amides is 1. The largest absolute Gasteiger partial charge is 0.290 e. The number of rotatable bonds is 2. The van der Waals surface area contributed by atoms with Crippen molar-refractivity contribution in [1.82, 2.24) is 9.97 Å². The van der Waals surface area contributed by atoms with Crippen LogP contribution in [0.2, 0.25) is 5.15 Å². The van der Waals surface area contributed by atoms with Gasteiger partial charge in [0.1, 0.15) is 5.15 Å². The molecule has 16 heavy (non-hydrogen) atoms. The quantitative estimate of drug-likeness (QED) is 0.865. The third-order valence-corrected chi connectivity index (χ3v) is 3.39. The Morgan fingerprint density at radius 3 is 3.00 bits per heavy atom. The minimum Gasteiger partial charge on any atom is -0.290 e. The summed E-state index contributed by atoms with van der Waals surface area (Å²) < 4.78 is 0.893. The highest BCUT2D eigenvalue weighted by molar-refractivity contribution is 9.11. The smallest absolute Gasteiger partial charge is 0.258 e. The lowest BCUT2D eigenvalue weighted by Crippen LogP contribution is -2.13. The van der Waals surface area contributed by atoms with Crippen molar-refractivity contribution in [1.29, 1.82) is 0 Å². The van der Waals surface area contributed by atoms with Crippen molar-refractivity contribution >= 4 is 50.7 Å². The molecule has 0 aromatic carbocycles. The second-order valence-corrected chi connectivity index (χ2v) is 5.47. The van der Waals surface area contributed by atoms with Crippen LogP contribution in [0.4, 0.5) is 5.95 Å². The van der Waals surface area contributed by atoms with Crippen LogP contribution in [0.1, 0.15) is 10.4 Å². The number of halogens is 2. The van der Waals surface area contributed by atoms with Crippen molar-refractivity contribution in [3.05, 3.63) is 38.2 Å². The molecule has 0 spiro atoms. The van der Waals surface area contributed by atoms with Gasteiger partial charge in [-0.2, -0.15) is 0 Å². The molecule has 2 rings (SSSR count). The molecule has 0 fully saturated rings. The van der Waals surface area contributed by atoms with Gasteiger partial charge in [-0.15, -0.1) is 11.3 Å². The monoisotopic (exact) mass is 317 g/mol. The van der Waals surface area contributed by atoms with Crippen LogP contribution >= 0.6 is 38.9 Å². The van der Waals surface area contributed by atoms with Gasteiger partial charge in [-0.25, -0.2) is 9.97 Å². The number of nitrogens with one attached hydrogen (secondary N) is 1. The fourth-order valence-electron chi connectivity index (χ4n) is 1.000. The number of thiophene rings is 1. The SMILES string of the molecule is O=C(Nc1nccc(Cl)n1)c1csc(Br)c1. The zero-order valence-electron chi connectivity index (χ0n) is 7.78. The first kappa shape index (κ1) is 11.5. The van der Waals surface area contributed by atoms with Gasteiger partial charge in [0.15, 0.2) is 0 Å². The Morgan fingerprint density at radius 1 is 1.56 bits per heavy atom. The molecule has 1 amide bonds. The first-order valence-corrected chi connectivity index (χ1v) is 6.24. The number of aromatic nitrogens is 2. The average Bonchev–Trinajstić information content (AvgIpc) is 2.65. The van der Waals surface area contributed by atoms with E-state index in [-0.39, 0.29) is 17.0 Å². The van der Waals surface area contributed by atoms with E-state index in [0.29, 0.717) is 5.56 Å². The van der Waals surface area contributed by atoms with Crippen molar-refractivity contribution in [3.8, 4) is 0 Å². The molecule has 0 bridgehead atoms. The second-order valence-electron chi connectivity index (χ2n) is 2.80. The molecule has 2 aromatic heterocycles. The molecule has 0 saturated carbocycles. The molecule has 0 aliphatic rings. The predicted molar refractivity (Wildman–Crippen MR) is 67.0 cm³/mol. The van der Waals surface area contributed by atoms with Gasteiger partial charge in [-0.05, 0) is 28.1 Å². The summed E-state index contributed by atoms with van der Waals surface area (Å²) in [5, 5.41) is 4.58. The lowest BCUT2D eigenvalue weighted by molar-refractivity contribution is 0.102. The summed E-state index contributed by atoms with van der Waals surface area (Å²) in [6, 6.07) is 3.27. The third-order valence-electron chi connectivity index (χ3n) is 1.68. The summed E-state index contributed by atoms with van der Waals surface area (Å²) in [6.45, 7) is 0. The van der Waals surface area contributed by atoms with E-state index in [2.05, 4.69) is 31.2 Å². The molecule has 0 atom stereocenters. The standard InChI is InChI=1S/C9H5BrClN3OS/c10-6-3-5(4-16-6)8(15)14-9-12-2-1-7(11)13-9/h1-4H,(H,12,13,14,15). The molecule has 1 N–H and O–H groups in total. The van der Waals surface area contributed by atoms with E-state index in [0.717, 1.165) is 3.79 Å². The minimum atomic E-state index is -0.260. The summed E-state index contributed by atoms with van der Waals surface area (Å²) >= 11 is 10.4. The van der Waals surface area contributed by atoms with Gasteiger partial charge in [0.25, 0.3) is 5.91 Å². The molecule has 82 valence electrons. The number of anilines is 1. The highest BCUT2D eigenvalue weighted by atomic mass is 79.9. The normalized spacial score (nSPS) is 10.1. The highest BCUT2D eigenvalue weighted by Crippen LogP contribution is 2.21. The van der Waals surface area contributed by atoms with E-state index in [1.165, 1.54) is 17.5 Å². The van der Waals surface area contributed by atoms with Crippen LogP contribution in [-0.4, -0.2) is 15.9 Å². The lowest BCUT2D eigenvalue weighted by atomic mass is 10.3. The van der Waals surface area contributed by atoms with E-state index < -0.39 is 0 Å². The Labute approximate surface area is 109 Å². The van der Waals surface area contributed by atoms with Gasteiger partial charge in [0.05, 0.1) is 9.35 Å². The summed E-state index contributed by atoms with van der Waals surface area (Å²) in [4.78, 5) is 19.4. The van der Waals surface area contributed by atoms with Gasteiger partial charge >= 0.3 is 0 Å². The van der Waals surface area contributed by atoms with Crippen LogP contribution in [0.15, 0.2) is 27.5 Å².